The van der Waals surface area contributed by atoms with Gasteiger partial charge < -0.3 is 5.32 Å². The van der Waals surface area contributed by atoms with Crippen molar-refractivity contribution in [1.29, 1.82) is 0 Å². The molecule has 3 nitrogen and oxygen atoms in total. The van der Waals surface area contributed by atoms with Gasteiger partial charge in [-0.2, -0.15) is 0 Å². The highest BCUT2D eigenvalue weighted by atomic mass is 32.1. The molecule has 2 aromatic heterocycles. The summed E-state index contributed by atoms with van der Waals surface area (Å²) in [6.07, 6.45) is 1.91. The molecule has 1 unspecified atom stereocenters. The monoisotopic (exact) mass is 301 g/mol. The fourth-order valence-electron chi connectivity index (χ4n) is 2.02. The molecule has 0 spiro atoms. The molecule has 0 bridgehead atoms. The maximum Gasteiger partial charge on any atom is 0.0901 e. The predicted octanol–water partition coefficient (Wildman–Crippen LogP) is 4.75. The van der Waals surface area contributed by atoms with Crippen LogP contribution < -0.4 is 5.32 Å². The van der Waals surface area contributed by atoms with Crippen molar-refractivity contribution in [1.82, 2.24) is 9.97 Å². The lowest BCUT2D eigenvalue weighted by Crippen LogP contribution is -2.04. The third-order valence-electron chi connectivity index (χ3n) is 3.04. The minimum absolute atomic E-state index is 0.259. The van der Waals surface area contributed by atoms with E-state index in [4.69, 9.17) is 0 Å². The van der Waals surface area contributed by atoms with Crippen LogP contribution in [0, 0.1) is 6.92 Å². The topological polar surface area (TPSA) is 37.8 Å². The fraction of sp³-hybridized carbons (Fsp3) is 0.200. The zero-order valence-electron chi connectivity index (χ0n) is 11.3. The molecule has 5 heteroatoms. The van der Waals surface area contributed by atoms with E-state index in [1.165, 1.54) is 4.88 Å². The van der Waals surface area contributed by atoms with Crippen LogP contribution in [-0.4, -0.2) is 9.97 Å². The van der Waals surface area contributed by atoms with E-state index in [1.54, 1.807) is 22.7 Å². The van der Waals surface area contributed by atoms with Gasteiger partial charge in [0.05, 0.1) is 22.3 Å². The fourth-order valence-corrected chi connectivity index (χ4v) is 3.28. The molecule has 0 saturated heterocycles. The average molecular weight is 301 g/mol. The largest absolute Gasteiger partial charge is 0.378 e. The minimum Gasteiger partial charge on any atom is -0.378 e. The Morgan fingerprint density at radius 2 is 2.15 bits per heavy atom. The van der Waals surface area contributed by atoms with Gasteiger partial charge in [0.2, 0.25) is 0 Å². The Hall–Kier alpha value is -1.72. The quantitative estimate of drug-likeness (QED) is 0.755. The van der Waals surface area contributed by atoms with Gasteiger partial charge in [-0.1, -0.05) is 12.1 Å². The molecule has 0 radical (unpaired) electrons. The molecule has 0 saturated carbocycles. The summed E-state index contributed by atoms with van der Waals surface area (Å²) in [5.74, 6) is 0. The van der Waals surface area contributed by atoms with E-state index in [2.05, 4.69) is 51.9 Å². The lowest BCUT2D eigenvalue weighted by molar-refractivity contribution is 0.904. The van der Waals surface area contributed by atoms with E-state index in [-0.39, 0.29) is 6.04 Å². The van der Waals surface area contributed by atoms with E-state index in [0.29, 0.717) is 0 Å². The van der Waals surface area contributed by atoms with Crippen LogP contribution in [0.25, 0.3) is 11.3 Å². The molecule has 1 atom stereocenters. The summed E-state index contributed by atoms with van der Waals surface area (Å²) >= 11 is 3.35. The van der Waals surface area contributed by atoms with Crippen LogP contribution in [0.4, 0.5) is 5.69 Å². The first-order valence-corrected chi connectivity index (χ1v) is 8.16. The van der Waals surface area contributed by atoms with Gasteiger partial charge in [0.1, 0.15) is 0 Å². The Balaban J connectivity index is 1.81. The highest BCUT2D eigenvalue weighted by Gasteiger charge is 2.08. The second-order valence-corrected chi connectivity index (χ2v) is 6.58. The highest BCUT2D eigenvalue weighted by Crippen LogP contribution is 2.27. The van der Waals surface area contributed by atoms with E-state index in [9.17, 15) is 0 Å². The standard InChI is InChI=1S/C15H15N3S2/c1-10(15-7-16-9-20-15)17-13-5-3-4-12(6-13)14-8-19-11(2)18-14/h3-10,17H,1-2H3. The molecule has 0 fully saturated rings. The molecule has 3 rings (SSSR count). The number of thiazole rings is 2. The number of hydrogen-bond acceptors (Lipinski definition) is 5. The number of nitrogens with one attached hydrogen (secondary N) is 1. The molecule has 0 amide bonds. The molecule has 20 heavy (non-hydrogen) atoms. The molecule has 0 aliphatic heterocycles. The Morgan fingerprint density at radius 3 is 2.85 bits per heavy atom. The number of hydrogen-bond donors (Lipinski definition) is 1. The van der Waals surface area contributed by atoms with Crippen molar-refractivity contribution < 1.29 is 0 Å². The summed E-state index contributed by atoms with van der Waals surface area (Å²) in [5.41, 5.74) is 5.16. The van der Waals surface area contributed by atoms with Gasteiger partial charge in [-0.3, -0.25) is 4.98 Å². The van der Waals surface area contributed by atoms with Gasteiger partial charge in [-0.15, -0.1) is 22.7 Å². The summed E-state index contributed by atoms with van der Waals surface area (Å²) in [4.78, 5) is 9.89. The first kappa shape index (κ1) is 13.3. The SMILES string of the molecule is Cc1nc(-c2cccc(NC(C)c3cncs3)c2)cs1. The number of benzene rings is 1. The zero-order valence-corrected chi connectivity index (χ0v) is 13.0. The average Bonchev–Trinajstić information content (AvgIpc) is 3.10. The van der Waals surface area contributed by atoms with Gasteiger partial charge in [0, 0.05) is 27.7 Å². The summed E-state index contributed by atoms with van der Waals surface area (Å²) in [6, 6.07) is 8.64. The molecular formula is C15H15N3S2. The lowest BCUT2D eigenvalue weighted by atomic mass is 10.1. The van der Waals surface area contributed by atoms with E-state index in [0.717, 1.165) is 22.0 Å². The third kappa shape index (κ3) is 2.89. The van der Waals surface area contributed by atoms with Gasteiger partial charge in [-0.25, -0.2) is 4.98 Å². The zero-order chi connectivity index (χ0) is 13.9. The predicted molar refractivity (Wildman–Crippen MR) is 86.4 cm³/mol. The molecule has 3 aromatic rings. The first-order valence-electron chi connectivity index (χ1n) is 6.40. The van der Waals surface area contributed by atoms with Gasteiger partial charge in [-0.05, 0) is 26.0 Å². The Bertz CT molecular complexity index is 689. The maximum atomic E-state index is 4.53. The summed E-state index contributed by atoms with van der Waals surface area (Å²) in [5, 5.41) is 6.70. The number of aryl methyl sites for hydroxylation is 1. The van der Waals surface area contributed by atoms with E-state index >= 15 is 0 Å². The molecule has 0 aliphatic rings. The second-order valence-electron chi connectivity index (χ2n) is 4.60. The number of aromatic nitrogens is 2. The van der Waals surface area contributed by atoms with Crippen LogP contribution in [0.1, 0.15) is 22.9 Å². The smallest absolute Gasteiger partial charge is 0.0901 e. The summed E-state index contributed by atoms with van der Waals surface area (Å²) in [6.45, 7) is 4.18. The second kappa shape index (κ2) is 5.73. The molecule has 102 valence electrons. The van der Waals surface area contributed by atoms with Crippen molar-refractivity contribution in [2.75, 3.05) is 5.32 Å². The Labute approximate surface area is 126 Å². The van der Waals surface area contributed by atoms with Crippen LogP contribution >= 0.6 is 22.7 Å². The van der Waals surface area contributed by atoms with E-state index in [1.807, 2.05) is 18.6 Å². The lowest BCUT2D eigenvalue weighted by Gasteiger charge is -2.13. The van der Waals surface area contributed by atoms with Gasteiger partial charge >= 0.3 is 0 Å². The van der Waals surface area contributed by atoms with E-state index < -0.39 is 0 Å². The van der Waals surface area contributed by atoms with Crippen LogP contribution in [0.2, 0.25) is 0 Å². The molecule has 2 heterocycles. The number of anilines is 1. The molecule has 1 aromatic carbocycles. The van der Waals surface area contributed by atoms with Crippen molar-refractivity contribution in [3.8, 4) is 11.3 Å². The molecule has 0 aliphatic carbocycles. The maximum absolute atomic E-state index is 4.53. The number of nitrogens with zero attached hydrogens (tertiary/aromatic N) is 2. The first-order chi connectivity index (χ1) is 9.72. The Morgan fingerprint density at radius 1 is 1.25 bits per heavy atom. The molecule has 1 N–H and O–H groups in total. The van der Waals surface area contributed by atoms with Crippen LogP contribution in [0.3, 0.4) is 0 Å². The Kier molecular flexibility index (Phi) is 3.80. The van der Waals surface area contributed by atoms with Crippen molar-refractivity contribution in [2.24, 2.45) is 0 Å². The van der Waals surface area contributed by atoms with Crippen LogP contribution in [-0.2, 0) is 0 Å². The van der Waals surface area contributed by atoms with Crippen molar-refractivity contribution in [2.45, 2.75) is 19.9 Å². The third-order valence-corrected chi connectivity index (χ3v) is 4.77. The number of rotatable bonds is 4. The van der Waals surface area contributed by atoms with Gasteiger partial charge in [0.25, 0.3) is 0 Å². The van der Waals surface area contributed by atoms with Crippen LogP contribution in [0.5, 0.6) is 0 Å². The minimum atomic E-state index is 0.259. The van der Waals surface area contributed by atoms with Crippen LogP contribution in [0.15, 0.2) is 41.4 Å². The highest BCUT2D eigenvalue weighted by molar-refractivity contribution is 7.10. The summed E-state index contributed by atoms with van der Waals surface area (Å²) in [7, 11) is 0. The van der Waals surface area contributed by atoms with Crippen molar-refractivity contribution >= 4 is 28.4 Å². The molecular weight excluding hydrogens is 286 g/mol. The van der Waals surface area contributed by atoms with Gasteiger partial charge in [0.15, 0.2) is 0 Å². The van der Waals surface area contributed by atoms with Crippen molar-refractivity contribution in [3.05, 3.63) is 51.2 Å². The summed E-state index contributed by atoms with van der Waals surface area (Å²) < 4.78 is 0. The normalized spacial score (nSPS) is 12.3. The van der Waals surface area contributed by atoms with Crippen molar-refractivity contribution in [3.63, 3.8) is 0 Å².